The van der Waals surface area contributed by atoms with Crippen LogP contribution in [-0.4, -0.2) is 6.61 Å². The molecule has 0 saturated carbocycles. The first-order valence-electron chi connectivity index (χ1n) is 5.26. The Balaban J connectivity index is 2.69. The molecule has 1 atom stereocenters. The molecular weight excluding hydrogens is 205 g/mol. The number of halogens is 1. The van der Waals surface area contributed by atoms with Gasteiger partial charge in [0.25, 0.3) is 0 Å². The fourth-order valence-corrected chi connectivity index (χ4v) is 1.37. The minimum atomic E-state index is -0.323. The van der Waals surface area contributed by atoms with Gasteiger partial charge in [-0.2, -0.15) is 0 Å². The van der Waals surface area contributed by atoms with Crippen molar-refractivity contribution in [3.63, 3.8) is 0 Å². The van der Waals surface area contributed by atoms with Gasteiger partial charge in [-0.25, -0.2) is 4.39 Å². The van der Waals surface area contributed by atoms with Crippen molar-refractivity contribution in [1.29, 1.82) is 0 Å². The Labute approximate surface area is 95.6 Å². The first kappa shape index (κ1) is 12.5. The van der Waals surface area contributed by atoms with Crippen LogP contribution in [0.15, 0.2) is 18.2 Å². The van der Waals surface area contributed by atoms with E-state index in [2.05, 4.69) is 5.92 Å². The quantitative estimate of drug-likeness (QED) is 0.612. The maximum absolute atomic E-state index is 13.0. The van der Waals surface area contributed by atoms with E-state index in [-0.39, 0.29) is 11.9 Å². The second-order valence-corrected chi connectivity index (χ2v) is 3.63. The van der Waals surface area contributed by atoms with E-state index in [1.165, 1.54) is 12.1 Å². The standard InChI is InChI=1S/C13H16FNO/c1-3-4-5-8-16-13-9-11(14)6-7-12(13)10(2)15/h1,6-7,9-10H,4-5,8,15H2,2H3/t10-/m1/s1. The minimum Gasteiger partial charge on any atom is -0.493 e. The molecule has 0 aromatic heterocycles. The highest BCUT2D eigenvalue weighted by Gasteiger charge is 2.09. The van der Waals surface area contributed by atoms with E-state index >= 15 is 0 Å². The number of terminal acetylenes is 1. The molecular formula is C13H16FNO. The van der Waals surface area contributed by atoms with Crippen molar-refractivity contribution in [2.24, 2.45) is 5.73 Å². The van der Waals surface area contributed by atoms with E-state index in [9.17, 15) is 4.39 Å². The molecule has 0 aliphatic carbocycles. The van der Waals surface area contributed by atoms with Gasteiger partial charge < -0.3 is 10.5 Å². The van der Waals surface area contributed by atoms with Gasteiger partial charge in [-0.15, -0.1) is 12.3 Å². The van der Waals surface area contributed by atoms with Gasteiger partial charge in [0.05, 0.1) is 6.61 Å². The van der Waals surface area contributed by atoms with Crippen LogP contribution in [0, 0.1) is 18.2 Å². The lowest BCUT2D eigenvalue weighted by Gasteiger charge is -2.13. The number of benzene rings is 1. The maximum Gasteiger partial charge on any atom is 0.126 e. The van der Waals surface area contributed by atoms with E-state index < -0.39 is 0 Å². The molecule has 0 heterocycles. The van der Waals surface area contributed by atoms with Crippen LogP contribution in [0.5, 0.6) is 5.75 Å². The molecule has 3 heteroatoms. The maximum atomic E-state index is 13.0. The number of unbranched alkanes of at least 4 members (excludes halogenated alkanes) is 1. The van der Waals surface area contributed by atoms with E-state index in [4.69, 9.17) is 16.9 Å². The molecule has 0 fully saturated rings. The number of nitrogens with two attached hydrogens (primary N) is 1. The smallest absolute Gasteiger partial charge is 0.126 e. The molecule has 0 radical (unpaired) electrons. The molecule has 86 valence electrons. The molecule has 0 amide bonds. The van der Waals surface area contributed by atoms with Crippen LogP contribution >= 0.6 is 0 Å². The van der Waals surface area contributed by atoms with Gasteiger partial charge in [0.1, 0.15) is 11.6 Å². The van der Waals surface area contributed by atoms with Crippen molar-refractivity contribution < 1.29 is 9.13 Å². The van der Waals surface area contributed by atoms with Crippen LogP contribution in [0.4, 0.5) is 4.39 Å². The van der Waals surface area contributed by atoms with E-state index in [1.807, 2.05) is 6.92 Å². The third kappa shape index (κ3) is 3.56. The molecule has 0 bridgehead atoms. The highest BCUT2D eigenvalue weighted by atomic mass is 19.1. The molecule has 0 unspecified atom stereocenters. The monoisotopic (exact) mass is 221 g/mol. The summed E-state index contributed by atoms with van der Waals surface area (Å²) < 4.78 is 18.5. The lowest BCUT2D eigenvalue weighted by Crippen LogP contribution is -2.09. The minimum absolute atomic E-state index is 0.178. The van der Waals surface area contributed by atoms with Crippen LogP contribution in [0.25, 0.3) is 0 Å². The Morgan fingerprint density at radius 3 is 2.94 bits per heavy atom. The highest BCUT2D eigenvalue weighted by molar-refractivity contribution is 5.36. The lowest BCUT2D eigenvalue weighted by atomic mass is 10.1. The van der Waals surface area contributed by atoms with E-state index in [0.717, 1.165) is 12.0 Å². The number of ether oxygens (including phenoxy) is 1. The molecule has 1 aromatic carbocycles. The SMILES string of the molecule is C#CCCCOc1cc(F)ccc1[C@@H](C)N. The van der Waals surface area contributed by atoms with Crippen molar-refractivity contribution in [1.82, 2.24) is 0 Å². The van der Waals surface area contributed by atoms with Crippen LogP contribution in [-0.2, 0) is 0 Å². The summed E-state index contributed by atoms with van der Waals surface area (Å²) in [5.41, 5.74) is 6.57. The highest BCUT2D eigenvalue weighted by Crippen LogP contribution is 2.24. The summed E-state index contributed by atoms with van der Waals surface area (Å²) in [6, 6.07) is 4.21. The second-order valence-electron chi connectivity index (χ2n) is 3.63. The van der Waals surface area contributed by atoms with Gasteiger partial charge in [-0.1, -0.05) is 6.07 Å². The summed E-state index contributed by atoms with van der Waals surface area (Å²) in [5.74, 6) is 2.71. The predicted octanol–water partition coefficient (Wildman–Crippen LogP) is 2.64. The summed E-state index contributed by atoms with van der Waals surface area (Å²) in [4.78, 5) is 0. The lowest BCUT2D eigenvalue weighted by molar-refractivity contribution is 0.306. The van der Waals surface area contributed by atoms with E-state index in [0.29, 0.717) is 18.8 Å². The zero-order valence-corrected chi connectivity index (χ0v) is 9.37. The zero-order valence-electron chi connectivity index (χ0n) is 9.37. The van der Waals surface area contributed by atoms with Crippen molar-refractivity contribution in [3.8, 4) is 18.1 Å². The fraction of sp³-hybridized carbons (Fsp3) is 0.385. The molecule has 0 aliphatic rings. The molecule has 1 rings (SSSR count). The Morgan fingerprint density at radius 1 is 1.56 bits per heavy atom. The number of hydrogen-bond acceptors (Lipinski definition) is 2. The van der Waals surface area contributed by atoms with Gasteiger partial charge in [0, 0.05) is 24.1 Å². The molecule has 1 aromatic rings. The third-order valence-corrected chi connectivity index (χ3v) is 2.19. The average molecular weight is 221 g/mol. The average Bonchev–Trinajstić information content (AvgIpc) is 2.24. The first-order chi connectivity index (χ1) is 7.65. The molecule has 0 spiro atoms. The Morgan fingerprint density at radius 2 is 2.31 bits per heavy atom. The van der Waals surface area contributed by atoms with Gasteiger partial charge in [0.2, 0.25) is 0 Å². The first-order valence-corrected chi connectivity index (χ1v) is 5.26. The van der Waals surface area contributed by atoms with Gasteiger partial charge in [0.15, 0.2) is 0 Å². The zero-order chi connectivity index (χ0) is 12.0. The second kappa shape index (κ2) is 6.14. The van der Waals surface area contributed by atoms with Gasteiger partial charge in [-0.05, 0) is 19.4 Å². The molecule has 0 saturated heterocycles. The van der Waals surface area contributed by atoms with Gasteiger partial charge >= 0.3 is 0 Å². The van der Waals surface area contributed by atoms with Crippen LogP contribution in [0.1, 0.15) is 31.4 Å². The van der Waals surface area contributed by atoms with Crippen LogP contribution < -0.4 is 10.5 Å². The molecule has 2 nitrogen and oxygen atoms in total. The predicted molar refractivity (Wildman–Crippen MR) is 62.6 cm³/mol. The van der Waals surface area contributed by atoms with Crippen molar-refractivity contribution in [2.75, 3.05) is 6.61 Å². The Hall–Kier alpha value is -1.53. The fourth-order valence-electron chi connectivity index (χ4n) is 1.37. The van der Waals surface area contributed by atoms with Crippen molar-refractivity contribution >= 4 is 0 Å². The van der Waals surface area contributed by atoms with Gasteiger partial charge in [-0.3, -0.25) is 0 Å². The molecule has 2 N–H and O–H groups in total. The summed E-state index contributed by atoms with van der Waals surface area (Å²) in [6.45, 7) is 2.31. The number of rotatable bonds is 5. The normalized spacial score (nSPS) is 11.9. The number of hydrogen-bond donors (Lipinski definition) is 1. The third-order valence-electron chi connectivity index (χ3n) is 2.19. The van der Waals surface area contributed by atoms with Crippen molar-refractivity contribution in [3.05, 3.63) is 29.6 Å². The topological polar surface area (TPSA) is 35.2 Å². The Kier molecular flexibility index (Phi) is 4.81. The summed E-state index contributed by atoms with van der Waals surface area (Å²) >= 11 is 0. The van der Waals surface area contributed by atoms with Crippen molar-refractivity contribution in [2.45, 2.75) is 25.8 Å². The van der Waals surface area contributed by atoms with Crippen LogP contribution in [0.2, 0.25) is 0 Å². The summed E-state index contributed by atoms with van der Waals surface area (Å²) in [5, 5.41) is 0. The molecule has 16 heavy (non-hydrogen) atoms. The molecule has 0 aliphatic heterocycles. The summed E-state index contributed by atoms with van der Waals surface area (Å²) in [7, 11) is 0. The summed E-state index contributed by atoms with van der Waals surface area (Å²) in [6.07, 6.45) is 6.54. The largest absolute Gasteiger partial charge is 0.493 e. The van der Waals surface area contributed by atoms with E-state index in [1.54, 1.807) is 6.07 Å². The Bertz CT molecular complexity index is 382. The van der Waals surface area contributed by atoms with Crippen LogP contribution in [0.3, 0.4) is 0 Å².